The molecule has 5 heteroatoms. The van der Waals surface area contributed by atoms with E-state index in [4.69, 9.17) is 9.72 Å². The number of hydrogen-bond donors (Lipinski definition) is 1. The van der Waals surface area contributed by atoms with Gasteiger partial charge in [-0.1, -0.05) is 38.7 Å². The number of thiazole rings is 1. The van der Waals surface area contributed by atoms with E-state index in [0.717, 1.165) is 35.1 Å². The Labute approximate surface area is 141 Å². The minimum atomic E-state index is 0.644. The molecule has 0 spiro atoms. The lowest BCUT2D eigenvalue weighted by Crippen LogP contribution is -2.25. The van der Waals surface area contributed by atoms with Crippen LogP contribution in [0.25, 0.3) is 10.2 Å². The first-order valence-corrected chi connectivity index (χ1v) is 9.95. The first kappa shape index (κ1) is 16.1. The minimum absolute atomic E-state index is 0.644. The molecule has 1 heterocycles. The Kier molecular flexibility index (Phi) is 5.98. The van der Waals surface area contributed by atoms with Gasteiger partial charge in [-0.05, 0) is 43.3 Å². The number of fused-ring (bicyclic) bond motifs is 1. The van der Waals surface area contributed by atoms with Crippen LogP contribution in [0.3, 0.4) is 0 Å². The number of nitrogens with one attached hydrogen (secondary N) is 1. The minimum Gasteiger partial charge on any atom is -0.492 e. The molecule has 1 saturated carbocycles. The van der Waals surface area contributed by atoms with Crippen LogP contribution in [0.5, 0.6) is 5.75 Å². The lowest BCUT2D eigenvalue weighted by atomic mass is 9.96. The van der Waals surface area contributed by atoms with Crippen molar-refractivity contribution in [2.45, 2.75) is 62.3 Å². The highest BCUT2D eigenvalue weighted by Crippen LogP contribution is 2.35. The van der Waals surface area contributed by atoms with Crippen molar-refractivity contribution >= 4 is 33.5 Å². The van der Waals surface area contributed by atoms with Crippen molar-refractivity contribution in [2.24, 2.45) is 0 Å². The van der Waals surface area contributed by atoms with Gasteiger partial charge in [-0.25, -0.2) is 4.98 Å². The summed E-state index contributed by atoms with van der Waals surface area (Å²) >= 11 is 3.43. The highest BCUT2D eigenvalue weighted by atomic mass is 32.2. The predicted octanol–water partition coefficient (Wildman–Crippen LogP) is 5.40. The standard InChI is InChI=1S/C17H24N2OS2/c1-2-3-12-20-15-11-7-10-14-16(15)21-17(18-14)22-19-13-8-5-4-6-9-13/h7,10-11,13,19H,2-6,8-9,12H2,1H3. The van der Waals surface area contributed by atoms with E-state index in [-0.39, 0.29) is 0 Å². The number of benzene rings is 1. The van der Waals surface area contributed by atoms with Crippen LogP contribution in [0.2, 0.25) is 0 Å². The smallest absolute Gasteiger partial charge is 0.166 e. The zero-order valence-electron chi connectivity index (χ0n) is 13.1. The molecule has 0 unspecified atom stereocenters. The van der Waals surface area contributed by atoms with Crippen LogP contribution in [0, 0.1) is 0 Å². The first-order chi connectivity index (χ1) is 10.9. The number of aromatic nitrogens is 1. The van der Waals surface area contributed by atoms with E-state index in [0.29, 0.717) is 6.04 Å². The van der Waals surface area contributed by atoms with Crippen LogP contribution in [0.15, 0.2) is 22.5 Å². The van der Waals surface area contributed by atoms with Crippen molar-refractivity contribution in [1.29, 1.82) is 0 Å². The van der Waals surface area contributed by atoms with Gasteiger partial charge >= 0.3 is 0 Å². The quantitative estimate of drug-likeness (QED) is 0.542. The van der Waals surface area contributed by atoms with Gasteiger partial charge in [0, 0.05) is 6.04 Å². The number of rotatable bonds is 7. The molecule has 120 valence electrons. The normalized spacial score (nSPS) is 16.2. The second kappa shape index (κ2) is 8.18. The summed E-state index contributed by atoms with van der Waals surface area (Å²) in [5.41, 5.74) is 1.05. The van der Waals surface area contributed by atoms with Gasteiger partial charge in [0.05, 0.1) is 16.8 Å². The molecule has 0 radical (unpaired) electrons. The highest BCUT2D eigenvalue weighted by molar-refractivity contribution is 7.99. The van der Waals surface area contributed by atoms with E-state index in [2.05, 4.69) is 23.8 Å². The Morgan fingerprint density at radius 1 is 1.32 bits per heavy atom. The van der Waals surface area contributed by atoms with Crippen LogP contribution in [0.4, 0.5) is 0 Å². The van der Waals surface area contributed by atoms with Crippen LogP contribution in [-0.4, -0.2) is 17.6 Å². The fourth-order valence-electron chi connectivity index (χ4n) is 2.74. The van der Waals surface area contributed by atoms with Gasteiger partial charge in [0.1, 0.15) is 5.75 Å². The van der Waals surface area contributed by atoms with Gasteiger partial charge in [-0.2, -0.15) is 0 Å². The first-order valence-electron chi connectivity index (χ1n) is 8.31. The topological polar surface area (TPSA) is 34.1 Å². The zero-order valence-corrected chi connectivity index (χ0v) is 14.8. The van der Waals surface area contributed by atoms with Crippen molar-refractivity contribution < 1.29 is 4.74 Å². The third kappa shape index (κ3) is 4.15. The van der Waals surface area contributed by atoms with Gasteiger partial charge in [-0.3, -0.25) is 4.72 Å². The van der Waals surface area contributed by atoms with E-state index in [1.165, 1.54) is 36.8 Å². The number of nitrogens with zero attached hydrogens (tertiary/aromatic N) is 1. The molecule has 1 aromatic carbocycles. The molecule has 1 fully saturated rings. The molecule has 1 aliphatic carbocycles. The van der Waals surface area contributed by atoms with Crippen molar-refractivity contribution in [3.63, 3.8) is 0 Å². The van der Waals surface area contributed by atoms with Gasteiger partial charge < -0.3 is 4.74 Å². The van der Waals surface area contributed by atoms with E-state index in [1.807, 2.05) is 6.07 Å². The summed E-state index contributed by atoms with van der Waals surface area (Å²) in [5.74, 6) is 0.980. The SMILES string of the molecule is CCCCOc1cccc2nc(SNC3CCCCC3)sc12. The van der Waals surface area contributed by atoms with Gasteiger partial charge in [0.2, 0.25) is 0 Å². The van der Waals surface area contributed by atoms with Crippen molar-refractivity contribution in [1.82, 2.24) is 9.71 Å². The average Bonchev–Trinajstić information content (AvgIpc) is 2.98. The summed E-state index contributed by atoms with van der Waals surface area (Å²) in [6.45, 7) is 2.97. The molecule has 3 rings (SSSR count). The van der Waals surface area contributed by atoms with Crippen LogP contribution < -0.4 is 9.46 Å². The molecule has 1 N–H and O–H groups in total. The van der Waals surface area contributed by atoms with Crippen LogP contribution in [-0.2, 0) is 0 Å². The Morgan fingerprint density at radius 2 is 2.18 bits per heavy atom. The summed E-state index contributed by atoms with van der Waals surface area (Å²) in [6, 6.07) is 6.81. The maximum atomic E-state index is 5.91. The number of hydrogen-bond acceptors (Lipinski definition) is 5. The summed E-state index contributed by atoms with van der Waals surface area (Å²) in [7, 11) is 0. The third-order valence-electron chi connectivity index (χ3n) is 4.03. The third-order valence-corrected chi connectivity index (χ3v) is 6.13. The van der Waals surface area contributed by atoms with Crippen molar-refractivity contribution in [3.05, 3.63) is 18.2 Å². The molecule has 0 saturated heterocycles. The van der Waals surface area contributed by atoms with E-state index in [1.54, 1.807) is 23.3 Å². The summed E-state index contributed by atoms with van der Waals surface area (Å²) in [4.78, 5) is 4.72. The molecule has 22 heavy (non-hydrogen) atoms. The second-order valence-electron chi connectivity index (χ2n) is 5.84. The molecule has 0 aliphatic heterocycles. The Bertz CT molecular complexity index is 593. The number of unbranched alkanes of at least 4 members (excludes halogenated alkanes) is 1. The van der Waals surface area contributed by atoms with Gasteiger partial charge in [0.25, 0.3) is 0 Å². The maximum Gasteiger partial charge on any atom is 0.166 e. The summed E-state index contributed by atoms with van der Waals surface area (Å²) < 4.78 is 11.8. The Morgan fingerprint density at radius 3 is 3.00 bits per heavy atom. The van der Waals surface area contributed by atoms with Crippen LogP contribution in [0.1, 0.15) is 51.9 Å². The Hall–Kier alpha value is -0.780. The molecule has 0 amide bonds. The molecule has 3 nitrogen and oxygen atoms in total. The predicted molar refractivity (Wildman–Crippen MR) is 95.9 cm³/mol. The lowest BCUT2D eigenvalue weighted by Gasteiger charge is -2.21. The monoisotopic (exact) mass is 336 g/mol. The van der Waals surface area contributed by atoms with Gasteiger partial charge in [-0.15, -0.1) is 11.3 Å². The largest absolute Gasteiger partial charge is 0.492 e. The average molecular weight is 337 g/mol. The van der Waals surface area contributed by atoms with E-state index < -0.39 is 0 Å². The van der Waals surface area contributed by atoms with Crippen LogP contribution >= 0.6 is 23.3 Å². The summed E-state index contributed by atoms with van der Waals surface area (Å²) in [5, 5.41) is 0. The van der Waals surface area contributed by atoms with Crippen molar-refractivity contribution in [3.8, 4) is 5.75 Å². The molecule has 1 aromatic heterocycles. The fourth-order valence-corrected chi connectivity index (χ4v) is 4.71. The Balaban J connectivity index is 1.65. The number of ether oxygens (including phenoxy) is 1. The molecule has 2 aromatic rings. The van der Waals surface area contributed by atoms with E-state index >= 15 is 0 Å². The van der Waals surface area contributed by atoms with Gasteiger partial charge in [0.15, 0.2) is 4.34 Å². The summed E-state index contributed by atoms with van der Waals surface area (Å²) in [6.07, 6.45) is 8.95. The molecule has 0 bridgehead atoms. The fraction of sp³-hybridized carbons (Fsp3) is 0.588. The maximum absolute atomic E-state index is 5.91. The molecule has 1 aliphatic rings. The molecule has 0 atom stereocenters. The molecular formula is C17H24N2OS2. The second-order valence-corrected chi connectivity index (χ2v) is 7.93. The van der Waals surface area contributed by atoms with E-state index in [9.17, 15) is 0 Å². The molecular weight excluding hydrogens is 312 g/mol. The zero-order chi connectivity index (χ0) is 15.2. The lowest BCUT2D eigenvalue weighted by molar-refractivity contribution is 0.313. The van der Waals surface area contributed by atoms with Crippen molar-refractivity contribution in [2.75, 3.05) is 6.61 Å². The highest BCUT2D eigenvalue weighted by Gasteiger charge is 2.15.